The van der Waals surface area contributed by atoms with Crippen LogP contribution in [0.15, 0.2) is 53.1 Å². The standard InChI is InChI=1S/C16H13BrN2O2/c1-20-11-3-5-12(6-4-11)21-16-13-8-10(17)2-7-15(13)19-9-14(16)18/h2-9H,18H2,1H3. The Balaban J connectivity index is 2.06. The zero-order valence-corrected chi connectivity index (χ0v) is 12.9. The molecule has 0 fully saturated rings. The number of nitrogens with two attached hydrogens (primary N) is 1. The van der Waals surface area contributed by atoms with Crippen LogP contribution in [0, 0.1) is 0 Å². The molecule has 106 valence electrons. The van der Waals surface area contributed by atoms with Gasteiger partial charge in [0.1, 0.15) is 11.5 Å². The van der Waals surface area contributed by atoms with Gasteiger partial charge in [0.05, 0.1) is 24.5 Å². The Kier molecular flexibility index (Phi) is 3.66. The number of ether oxygens (including phenoxy) is 2. The van der Waals surface area contributed by atoms with Crippen molar-refractivity contribution in [3.8, 4) is 17.2 Å². The van der Waals surface area contributed by atoms with E-state index in [1.54, 1.807) is 13.3 Å². The van der Waals surface area contributed by atoms with Crippen LogP contribution in [0.25, 0.3) is 10.9 Å². The van der Waals surface area contributed by atoms with Crippen LogP contribution in [-0.4, -0.2) is 12.1 Å². The number of fused-ring (bicyclic) bond motifs is 1. The SMILES string of the molecule is COc1ccc(Oc2c(N)cnc3ccc(Br)cc23)cc1. The largest absolute Gasteiger partial charge is 0.497 e. The minimum atomic E-state index is 0.497. The van der Waals surface area contributed by atoms with Crippen LogP contribution in [0.3, 0.4) is 0 Å². The summed E-state index contributed by atoms with van der Waals surface area (Å²) in [4.78, 5) is 4.31. The van der Waals surface area contributed by atoms with Gasteiger partial charge in [0.25, 0.3) is 0 Å². The first-order valence-corrected chi connectivity index (χ1v) is 7.12. The molecule has 0 spiro atoms. The first kappa shape index (κ1) is 13.7. The Morgan fingerprint density at radius 1 is 1.05 bits per heavy atom. The lowest BCUT2D eigenvalue weighted by Gasteiger charge is -2.12. The number of aromatic nitrogens is 1. The van der Waals surface area contributed by atoms with E-state index >= 15 is 0 Å². The molecule has 1 heterocycles. The summed E-state index contributed by atoms with van der Waals surface area (Å²) in [6.45, 7) is 0. The topological polar surface area (TPSA) is 57.4 Å². The number of nitrogen functional groups attached to an aromatic ring is 1. The second-order valence-electron chi connectivity index (χ2n) is 4.48. The second-order valence-corrected chi connectivity index (χ2v) is 5.40. The van der Waals surface area contributed by atoms with Crippen molar-refractivity contribution in [3.05, 3.63) is 53.1 Å². The van der Waals surface area contributed by atoms with Crippen LogP contribution < -0.4 is 15.2 Å². The van der Waals surface area contributed by atoms with Crippen molar-refractivity contribution in [3.63, 3.8) is 0 Å². The van der Waals surface area contributed by atoms with Gasteiger partial charge in [0.15, 0.2) is 5.75 Å². The van der Waals surface area contributed by atoms with Crippen molar-refractivity contribution in [2.24, 2.45) is 0 Å². The molecule has 0 aliphatic carbocycles. The number of hydrogen-bond acceptors (Lipinski definition) is 4. The molecule has 0 amide bonds. The van der Waals surface area contributed by atoms with Crippen molar-refractivity contribution >= 4 is 32.5 Å². The highest BCUT2D eigenvalue weighted by molar-refractivity contribution is 9.10. The zero-order chi connectivity index (χ0) is 14.8. The molecule has 5 heteroatoms. The Bertz CT molecular complexity index is 783. The summed E-state index contributed by atoms with van der Waals surface area (Å²) in [5.74, 6) is 2.07. The quantitative estimate of drug-likeness (QED) is 0.765. The predicted octanol–water partition coefficient (Wildman–Crippen LogP) is 4.38. The van der Waals surface area contributed by atoms with Crippen molar-refractivity contribution in [1.82, 2.24) is 4.98 Å². The average molecular weight is 345 g/mol. The van der Waals surface area contributed by atoms with Crippen LogP contribution in [0.5, 0.6) is 17.2 Å². The van der Waals surface area contributed by atoms with E-state index in [1.165, 1.54) is 0 Å². The number of halogens is 1. The van der Waals surface area contributed by atoms with Gasteiger partial charge in [-0.05, 0) is 42.5 Å². The van der Waals surface area contributed by atoms with Gasteiger partial charge in [-0.15, -0.1) is 0 Å². The fourth-order valence-electron chi connectivity index (χ4n) is 2.03. The maximum atomic E-state index is 6.01. The van der Waals surface area contributed by atoms with Crippen LogP contribution in [0.2, 0.25) is 0 Å². The number of rotatable bonds is 3. The molecule has 1 aromatic heterocycles. The maximum Gasteiger partial charge on any atom is 0.161 e. The Hall–Kier alpha value is -2.27. The van der Waals surface area contributed by atoms with Gasteiger partial charge in [0.2, 0.25) is 0 Å². The molecule has 21 heavy (non-hydrogen) atoms. The van der Waals surface area contributed by atoms with Gasteiger partial charge in [-0.2, -0.15) is 0 Å². The molecule has 0 aliphatic rings. The van der Waals surface area contributed by atoms with Gasteiger partial charge in [-0.1, -0.05) is 15.9 Å². The summed E-state index contributed by atoms with van der Waals surface area (Å²) < 4.78 is 12.0. The Labute approximate surface area is 130 Å². The van der Waals surface area contributed by atoms with E-state index in [2.05, 4.69) is 20.9 Å². The number of benzene rings is 2. The normalized spacial score (nSPS) is 10.6. The molecule has 4 nitrogen and oxygen atoms in total. The summed E-state index contributed by atoms with van der Waals surface area (Å²) in [5, 5.41) is 0.861. The summed E-state index contributed by atoms with van der Waals surface area (Å²) in [6.07, 6.45) is 1.61. The third-order valence-corrected chi connectivity index (χ3v) is 3.58. The molecule has 0 bridgehead atoms. The van der Waals surface area contributed by atoms with Crippen molar-refractivity contribution < 1.29 is 9.47 Å². The summed E-state index contributed by atoms with van der Waals surface area (Å²) in [6, 6.07) is 13.1. The molecule has 0 unspecified atom stereocenters. The van der Waals surface area contributed by atoms with Gasteiger partial charge >= 0.3 is 0 Å². The zero-order valence-electron chi connectivity index (χ0n) is 11.3. The number of hydrogen-bond donors (Lipinski definition) is 1. The molecule has 0 saturated carbocycles. The van der Waals surface area contributed by atoms with Crippen molar-refractivity contribution in [2.75, 3.05) is 12.8 Å². The predicted molar refractivity (Wildman–Crippen MR) is 86.9 cm³/mol. The molecule has 0 saturated heterocycles. The van der Waals surface area contributed by atoms with Gasteiger partial charge in [0, 0.05) is 9.86 Å². The highest BCUT2D eigenvalue weighted by Crippen LogP contribution is 2.35. The highest BCUT2D eigenvalue weighted by Gasteiger charge is 2.10. The second kappa shape index (κ2) is 5.61. The fourth-order valence-corrected chi connectivity index (χ4v) is 2.39. The monoisotopic (exact) mass is 344 g/mol. The molecule has 3 aromatic rings. The Morgan fingerprint density at radius 3 is 2.48 bits per heavy atom. The molecular weight excluding hydrogens is 332 g/mol. The van der Waals surface area contributed by atoms with Crippen LogP contribution in [-0.2, 0) is 0 Å². The Morgan fingerprint density at radius 2 is 1.76 bits per heavy atom. The highest BCUT2D eigenvalue weighted by atomic mass is 79.9. The average Bonchev–Trinajstić information content (AvgIpc) is 2.51. The van der Waals surface area contributed by atoms with E-state index in [0.717, 1.165) is 21.1 Å². The summed E-state index contributed by atoms with van der Waals surface area (Å²) in [5.41, 5.74) is 7.34. The maximum absolute atomic E-state index is 6.01. The van der Waals surface area contributed by atoms with Crippen molar-refractivity contribution in [1.29, 1.82) is 0 Å². The van der Waals surface area contributed by atoms with Crippen molar-refractivity contribution in [2.45, 2.75) is 0 Å². The summed E-state index contributed by atoms with van der Waals surface area (Å²) in [7, 11) is 1.63. The third-order valence-electron chi connectivity index (χ3n) is 3.09. The number of nitrogens with zero attached hydrogens (tertiary/aromatic N) is 1. The van der Waals surface area contributed by atoms with Gasteiger partial charge in [-0.3, -0.25) is 4.98 Å². The first-order valence-electron chi connectivity index (χ1n) is 6.33. The van der Waals surface area contributed by atoms with Gasteiger partial charge in [-0.25, -0.2) is 0 Å². The van der Waals surface area contributed by atoms with E-state index in [9.17, 15) is 0 Å². The number of pyridine rings is 1. The van der Waals surface area contributed by atoms with E-state index in [-0.39, 0.29) is 0 Å². The minimum absolute atomic E-state index is 0.497. The number of anilines is 1. The van der Waals surface area contributed by atoms with Crippen LogP contribution in [0.1, 0.15) is 0 Å². The molecule has 3 rings (SSSR count). The molecule has 0 atom stereocenters. The molecule has 0 aliphatic heterocycles. The summed E-state index contributed by atoms with van der Waals surface area (Å²) >= 11 is 3.45. The van der Waals surface area contributed by atoms with E-state index in [0.29, 0.717) is 17.2 Å². The van der Waals surface area contributed by atoms with Gasteiger partial charge < -0.3 is 15.2 Å². The van der Waals surface area contributed by atoms with E-state index in [4.69, 9.17) is 15.2 Å². The molecule has 0 radical (unpaired) electrons. The number of methoxy groups -OCH3 is 1. The van der Waals surface area contributed by atoms with Crippen LogP contribution in [0.4, 0.5) is 5.69 Å². The lowest BCUT2D eigenvalue weighted by molar-refractivity contribution is 0.413. The minimum Gasteiger partial charge on any atom is -0.497 e. The van der Waals surface area contributed by atoms with E-state index in [1.807, 2.05) is 42.5 Å². The van der Waals surface area contributed by atoms with E-state index < -0.39 is 0 Å². The third kappa shape index (κ3) is 2.78. The molecule has 2 aromatic carbocycles. The molecular formula is C16H13BrN2O2. The molecule has 2 N–H and O–H groups in total. The lowest BCUT2D eigenvalue weighted by Crippen LogP contribution is -1.95. The van der Waals surface area contributed by atoms with Crippen LogP contribution >= 0.6 is 15.9 Å². The fraction of sp³-hybridized carbons (Fsp3) is 0.0625. The smallest absolute Gasteiger partial charge is 0.161 e. The lowest BCUT2D eigenvalue weighted by atomic mass is 10.2. The first-order chi connectivity index (χ1) is 10.2.